The highest BCUT2D eigenvalue weighted by Crippen LogP contribution is 2.33. The molecule has 1 atom stereocenters. The molecule has 0 saturated heterocycles. The zero-order chi connectivity index (χ0) is 22.8. The molecule has 3 nitrogen and oxygen atoms in total. The number of aromatic nitrogens is 2. The highest BCUT2D eigenvalue weighted by Gasteiger charge is 2.18. The third-order valence-corrected chi connectivity index (χ3v) is 6.18. The van der Waals surface area contributed by atoms with Crippen molar-refractivity contribution in [1.82, 2.24) is 10.2 Å². The third kappa shape index (κ3) is 7.21. The maximum absolute atomic E-state index is 6.19. The lowest BCUT2D eigenvalue weighted by Crippen LogP contribution is -2.18. The predicted octanol–water partition coefficient (Wildman–Crippen LogP) is 8.25. The molecule has 4 heteroatoms. The lowest BCUT2D eigenvalue weighted by molar-refractivity contribution is 0.492. The summed E-state index contributed by atoms with van der Waals surface area (Å²) in [7, 11) is 2.07. The van der Waals surface area contributed by atoms with Crippen LogP contribution in [0, 0.1) is 12.8 Å². The average Bonchev–Trinajstić information content (AvgIpc) is 2.78. The Kier molecular flexibility index (Phi) is 10.3. The van der Waals surface area contributed by atoms with Crippen LogP contribution in [-0.4, -0.2) is 17.2 Å². The molecule has 0 amide bonds. The summed E-state index contributed by atoms with van der Waals surface area (Å²) in [5.41, 5.74) is 6.09. The van der Waals surface area contributed by atoms with E-state index in [1.807, 2.05) is 31.2 Å². The van der Waals surface area contributed by atoms with Gasteiger partial charge in [-0.05, 0) is 80.5 Å². The highest BCUT2D eigenvalue weighted by atomic mass is 35.5. The first-order valence-electron chi connectivity index (χ1n) is 11.6. The number of halogens is 1. The molecule has 2 rings (SSSR count). The molecule has 0 aliphatic carbocycles. The summed E-state index contributed by atoms with van der Waals surface area (Å²) < 4.78 is 0. The number of rotatable bonds is 11. The van der Waals surface area contributed by atoms with Crippen molar-refractivity contribution in [2.45, 2.75) is 73.1 Å². The fraction of sp³-hybridized carbons (Fsp3) is 0.481. The minimum Gasteiger partial charge on any atom is -0.327 e. The van der Waals surface area contributed by atoms with E-state index in [1.54, 1.807) is 0 Å². The van der Waals surface area contributed by atoms with Gasteiger partial charge in [-0.3, -0.25) is 0 Å². The number of anilines is 1. The summed E-state index contributed by atoms with van der Waals surface area (Å²) >= 11 is 6.19. The van der Waals surface area contributed by atoms with E-state index < -0.39 is 0 Å². The first-order chi connectivity index (χ1) is 14.9. The highest BCUT2D eigenvalue weighted by molar-refractivity contribution is 6.30. The summed E-state index contributed by atoms with van der Waals surface area (Å²) in [6.07, 6.45) is 9.57. The van der Waals surface area contributed by atoms with Crippen LogP contribution in [-0.2, 0) is 0 Å². The Morgan fingerprint density at radius 3 is 2.26 bits per heavy atom. The maximum Gasteiger partial charge on any atom is 0.155 e. The second-order valence-corrected chi connectivity index (χ2v) is 8.78. The molecule has 0 aliphatic rings. The van der Waals surface area contributed by atoms with E-state index in [1.165, 1.54) is 43.3 Å². The third-order valence-electron chi connectivity index (χ3n) is 5.93. The van der Waals surface area contributed by atoms with Gasteiger partial charge in [-0.2, -0.15) is 5.10 Å². The smallest absolute Gasteiger partial charge is 0.155 e. The van der Waals surface area contributed by atoms with Crippen molar-refractivity contribution in [2.75, 3.05) is 11.9 Å². The number of aryl methyl sites for hydroxylation is 1. The van der Waals surface area contributed by atoms with Gasteiger partial charge in [-0.1, -0.05) is 69.3 Å². The van der Waals surface area contributed by atoms with Crippen LogP contribution in [0.4, 0.5) is 5.82 Å². The molecule has 31 heavy (non-hydrogen) atoms. The van der Waals surface area contributed by atoms with Gasteiger partial charge in [0, 0.05) is 17.8 Å². The minimum atomic E-state index is 0.574. The number of hydrogen-bond donors (Lipinski definition) is 0. The molecule has 0 fully saturated rings. The molecule has 2 aromatic rings. The normalized spacial score (nSPS) is 13.7. The Hall–Kier alpha value is -2.13. The summed E-state index contributed by atoms with van der Waals surface area (Å²) in [6.45, 7) is 11.1. The lowest BCUT2D eigenvalue weighted by atomic mass is 9.85. The van der Waals surface area contributed by atoms with E-state index >= 15 is 0 Å². The summed E-state index contributed by atoms with van der Waals surface area (Å²) in [5.74, 6) is 1.41. The van der Waals surface area contributed by atoms with Crippen LogP contribution in [0.5, 0.6) is 0 Å². The predicted molar refractivity (Wildman–Crippen MR) is 136 cm³/mol. The van der Waals surface area contributed by atoms with E-state index in [0.29, 0.717) is 5.92 Å². The second kappa shape index (κ2) is 12.7. The molecular formula is C27H38ClN3. The molecule has 0 N–H and O–H groups in total. The SMILES string of the molecule is CCCCC(CCC)C(/C=C(/c1ccc(Cl)cc1)N(C)c1ccc(C)nn1)=C(C)CC. The van der Waals surface area contributed by atoms with Crippen LogP contribution >= 0.6 is 11.6 Å². The Labute approximate surface area is 194 Å². The van der Waals surface area contributed by atoms with E-state index in [-0.39, 0.29) is 0 Å². The Bertz CT molecular complexity index is 866. The quantitative estimate of drug-likeness (QED) is 0.330. The maximum atomic E-state index is 6.19. The Morgan fingerprint density at radius 2 is 1.71 bits per heavy atom. The summed E-state index contributed by atoms with van der Waals surface area (Å²) in [6, 6.07) is 12.1. The zero-order valence-corrected chi connectivity index (χ0v) is 20.8. The van der Waals surface area contributed by atoms with Gasteiger partial charge in [-0.15, -0.1) is 5.10 Å². The largest absolute Gasteiger partial charge is 0.327 e. The van der Waals surface area contributed by atoms with Crippen LogP contribution in [0.25, 0.3) is 5.70 Å². The van der Waals surface area contributed by atoms with Crippen molar-refractivity contribution in [3.63, 3.8) is 0 Å². The van der Waals surface area contributed by atoms with E-state index in [9.17, 15) is 0 Å². The van der Waals surface area contributed by atoms with Crippen molar-refractivity contribution in [3.05, 3.63) is 69.9 Å². The van der Waals surface area contributed by atoms with E-state index in [2.05, 4.69) is 68.0 Å². The number of allylic oxidation sites excluding steroid dienone is 3. The van der Waals surface area contributed by atoms with Crippen LogP contribution in [0.3, 0.4) is 0 Å². The first-order valence-corrected chi connectivity index (χ1v) is 12.0. The molecule has 1 unspecified atom stereocenters. The van der Waals surface area contributed by atoms with Gasteiger partial charge in [0.1, 0.15) is 0 Å². The van der Waals surface area contributed by atoms with Gasteiger partial charge in [0.15, 0.2) is 5.82 Å². The molecule has 168 valence electrons. The summed E-state index contributed by atoms with van der Waals surface area (Å²) in [5, 5.41) is 9.46. The second-order valence-electron chi connectivity index (χ2n) is 8.35. The van der Waals surface area contributed by atoms with Gasteiger partial charge in [-0.25, -0.2) is 0 Å². The van der Waals surface area contributed by atoms with Gasteiger partial charge in [0.25, 0.3) is 0 Å². The molecular weight excluding hydrogens is 402 g/mol. The van der Waals surface area contributed by atoms with Gasteiger partial charge >= 0.3 is 0 Å². The van der Waals surface area contributed by atoms with Crippen molar-refractivity contribution < 1.29 is 0 Å². The molecule has 0 spiro atoms. The molecule has 1 heterocycles. The van der Waals surface area contributed by atoms with E-state index in [0.717, 1.165) is 34.2 Å². The minimum absolute atomic E-state index is 0.574. The molecule has 0 radical (unpaired) electrons. The fourth-order valence-corrected chi connectivity index (χ4v) is 4.01. The fourth-order valence-electron chi connectivity index (χ4n) is 3.88. The van der Waals surface area contributed by atoms with E-state index in [4.69, 9.17) is 11.6 Å². The van der Waals surface area contributed by atoms with Gasteiger partial charge < -0.3 is 4.90 Å². The van der Waals surface area contributed by atoms with Gasteiger partial charge in [0.05, 0.1) is 5.69 Å². The molecule has 0 aliphatic heterocycles. The summed E-state index contributed by atoms with van der Waals surface area (Å²) in [4.78, 5) is 2.14. The number of unbranched alkanes of at least 4 members (excludes halogenated alkanes) is 1. The van der Waals surface area contributed by atoms with Crippen molar-refractivity contribution in [3.8, 4) is 0 Å². The standard InChI is InChI=1S/C27H38ClN3/c1-7-10-12-22(11-8-2)25(20(4)9-3)19-26(23-14-16-24(28)17-15-23)31(6)27-18-13-21(5)29-30-27/h13-19,22H,7-12H2,1-6H3/b25-20?,26-19-. The zero-order valence-electron chi connectivity index (χ0n) is 20.1. The van der Waals surface area contributed by atoms with Crippen LogP contribution in [0.1, 0.15) is 77.5 Å². The Morgan fingerprint density at radius 1 is 1.00 bits per heavy atom. The average molecular weight is 440 g/mol. The topological polar surface area (TPSA) is 29.0 Å². The van der Waals surface area contributed by atoms with Gasteiger partial charge in [0.2, 0.25) is 0 Å². The first kappa shape index (κ1) is 25.1. The number of benzene rings is 1. The molecule has 0 saturated carbocycles. The van der Waals surface area contributed by atoms with Crippen LogP contribution < -0.4 is 4.90 Å². The van der Waals surface area contributed by atoms with Crippen LogP contribution in [0.15, 0.2) is 53.6 Å². The van der Waals surface area contributed by atoms with Crippen molar-refractivity contribution in [2.24, 2.45) is 5.92 Å². The van der Waals surface area contributed by atoms with Crippen molar-refractivity contribution in [1.29, 1.82) is 0 Å². The molecule has 0 bridgehead atoms. The number of nitrogens with zero attached hydrogens (tertiary/aromatic N) is 3. The number of hydrogen-bond acceptors (Lipinski definition) is 3. The lowest BCUT2D eigenvalue weighted by Gasteiger charge is -2.26. The molecule has 1 aromatic heterocycles. The van der Waals surface area contributed by atoms with Crippen LogP contribution in [0.2, 0.25) is 5.02 Å². The Balaban J connectivity index is 2.62. The molecule has 1 aromatic carbocycles. The monoisotopic (exact) mass is 439 g/mol. The van der Waals surface area contributed by atoms with Crippen molar-refractivity contribution >= 4 is 23.1 Å².